The second-order valence-electron chi connectivity index (χ2n) is 7.91. The maximum atomic E-state index is 12.1. The molecule has 0 heterocycles. The van der Waals surface area contributed by atoms with Gasteiger partial charge in [-0.25, -0.2) is 0 Å². The van der Waals surface area contributed by atoms with Crippen LogP contribution in [-0.4, -0.2) is 30.3 Å². The minimum atomic E-state index is -0.348. The minimum absolute atomic E-state index is 0.167. The van der Waals surface area contributed by atoms with Gasteiger partial charge in [-0.05, 0) is 69.4 Å². The highest BCUT2D eigenvalue weighted by atomic mass is 32.2. The summed E-state index contributed by atoms with van der Waals surface area (Å²) in [6.45, 7) is 5.96. The number of amides is 1. The maximum Gasteiger partial charge on any atom is 0.316 e. The smallest absolute Gasteiger partial charge is 0.316 e. The first-order valence-electron chi connectivity index (χ1n) is 9.57. The lowest BCUT2D eigenvalue weighted by Crippen LogP contribution is -2.42. The number of hydrogen-bond donors (Lipinski definition) is 1. The summed E-state index contributed by atoms with van der Waals surface area (Å²) in [7, 11) is 0. The lowest BCUT2D eigenvalue weighted by Gasteiger charge is -2.28. The summed E-state index contributed by atoms with van der Waals surface area (Å²) >= 11 is 1.46. The number of nitrogens with one attached hydrogen (secondary N) is 1. The van der Waals surface area contributed by atoms with E-state index in [1.165, 1.54) is 43.0 Å². The summed E-state index contributed by atoms with van der Waals surface area (Å²) in [5, 5.41) is 3.03. The monoisotopic (exact) mass is 375 g/mol. The molecule has 2 bridgehead atoms. The van der Waals surface area contributed by atoms with Gasteiger partial charge in [-0.15, -0.1) is 11.8 Å². The molecular weight excluding hydrogens is 346 g/mol. The third-order valence-corrected chi connectivity index (χ3v) is 7.01. The Morgan fingerprint density at radius 2 is 2.08 bits per heavy atom. The van der Waals surface area contributed by atoms with E-state index in [9.17, 15) is 9.59 Å². The lowest BCUT2D eigenvalue weighted by molar-refractivity contribution is -0.146. The first-order valence-corrected chi connectivity index (χ1v) is 10.6. The van der Waals surface area contributed by atoms with E-state index in [2.05, 4.69) is 24.4 Å². The Kier molecular flexibility index (Phi) is 6.28. The van der Waals surface area contributed by atoms with Gasteiger partial charge in [0, 0.05) is 10.9 Å². The highest BCUT2D eigenvalue weighted by molar-refractivity contribution is 8.00. The normalized spacial score (nSPS) is 25.1. The van der Waals surface area contributed by atoms with E-state index in [-0.39, 0.29) is 30.3 Å². The fraction of sp³-hybridized carbons (Fsp3) is 0.619. The molecule has 0 unspecified atom stereocenters. The zero-order valence-electron chi connectivity index (χ0n) is 15.9. The topological polar surface area (TPSA) is 55.4 Å². The van der Waals surface area contributed by atoms with Gasteiger partial charge in [0.1, 0.15) is 0 Å². The molecule has 2 aliphatic rings. The van der Waals surface area contributed by atoms with Crippen LogP contribution >= 0.6 is 11.8 Å². The quantitative estimate of drug-likeness (QED) is 0.580. The zero-order valence-corrected chi connectivity index (χ0v) is 16.7. The number of benzene rings is 1. The van der Waals surface area contributed by atoms with Crippen LogP contribution in [-0.2, 0) is 14.3 Å². The summed E-state index contributed by atoms with van der Waals surface area (Å²) in [5.74, 6) is 1.91. The van der Waals surface area contributed by atoms with Crippen molar-refractivity contribution in [3.05, 3.63) is 29.3 Å². The number of aryl methyl sites for hydroxylation is 2. The van der Waals surface area contributed by atoms with Crippen LogP contribution in [0, 0.1) is 31.6 Å². The summed E-state index contributed by atoms with van der Waals surface area (Å²) in [4.78, 5) is 25.1. The molecule has 3 rings (SSSR count). The third-order valence-electron chi connectivity index (χ3n) is 5.88. The second kappa shape index (κ2) is 8.47. The number of carbonyl (C=O) groups excluding carboxylic acids is 2. The Balaban J connectivity index is 1.37. The highest BCUT2D eigenvalue weighted by Crippen LogP contribution is 2.49. The molecule has 2 fully saturated rings. The number of esters is 1. The first kappa shape index (κ1) is 19.3. The molecule has 26 heavy (non-hydrogen) atoms. The average molecular weight is 376 g/mol. The number of thioether (sulfide) groups is 1. The van der Waals surface area contributed by atoms with Crippen LogP contribution in [0.3, 0.4) is 0 Å². The predicted molar refractivity (Wildman–Crippen MR) is 104 cm³/mol. The van der Waals surface area contributed by atoms with E-state index in [4.69, 9.17) is 4.74 Å². The van der Waals surface area contributed by atoms with Gasteiger partial charge in [0.15, 0.2) is 6.61 Å². The Hall–Kier alpha value is -1.49. The van der Waals surface area contributed by atoms with Crippen molar-refractivity contribution in [2.75, 3.05) is 12.4 Å². The standard InChI is InChI=1S/C21H29NO3S/c1-13-4-5-14(2)19(8-13)26-12-21(24)25-11-20(23)22-15(3)18-10-16-6-7-17(18)9-16/h4-5,8,15-18H,6-7,9-12H2,1-3H3,(H,22,23)/t15-,16-,17-,18+/m0/s1. The molecule has 2 saturated carbocycles. The summed E-state index contributed by atoms with van der Waals surface area (Å²) in [6, 6.07) is 6.34. The van der Waals surface area contributed by atoms with Crippen molar-refractivity contribution < 1.29 is 14.3 Å². The first-order chi connectivity index (χ1) is 12.4. The maximum absolute atomic E-state index is 12.1. The molecule has 1 amide bonds. The van der Waals surface area contributed by atoms with E-state index < -0.39 is 0 Å². The van der Waals surface area contributed by atoms with Crippen molar-refractivity contribution in [3.8, 4) is 0 Å². The Bertz CT molecular complexity index is 675. The van der Waals surface area contributed by atoms with Crippen LogP contribution in [0.1, 0.15) is 43.7 Å². The molecule has 1 aromatic carbocycles. The molecule has 142 valence electrons. The summed E-state index contributed by atoms with van der Waals surface area (Å²) in [5.41, 5.74) is 2.31. The Labute approximate surface area is 160 Å². The molecule has 4 nitrogen and oxygen atoms in total. The molecule has 5 heteroatoms. The Morgan fingerprint density at radius 1 is 1.27 bits per heavy atom. The van der Waals surface area contributed by atoms with Crippen LogP contribution in [0.25, 0.3) is 0 Å². The number of carbonyl (C=O) groups is 2. The molecule has 4 atom stereocenters. The molecule has 0 radical (unpaired) electrons. The van der Waals surface area contributed by atoms with Gasteiger partial charge in [0.05, 0.1) is 5.75 Å². The van der Waals surface area contributed by atoms with Gasteiger partial charge in [-0.3, -0.25) is 9.59 Å². The summed E-state index contributed by atoms with van der Waals surface area (Å²) < 4.78 is 5.15. The number of hydrogen-bond acceptors (Lipinski definition) is 4. The van der Waals surface area contributed by atoms with Crippen LogP contribution in [0.4, 0.5) is 0 Å². The number of fused-ring (bicyclic) bond motifs is 2. The number of rotatable bonds is 7. The van der Waals surface area contributed by atoms with Gasteiger partial charge in [-0.1, -0.05) is 24.1 Å². The van der Waals surface area contributed by atoms with Crippen LogP contribution in [0.2, 0.25) is 0 Å². The van der Waals surface area contributed by atoms with Crippen LogP contribution in [0.5, 0.6) is 0 Å². The van der Waals surface area contributed by atoms with Gasteiger partial charge in [0.2, 0.25) is 0 Å². The van der Waals surface area contributed by atoms with Crippen molar-refractivity contribution in [1.29, 1.82) is 0 Å². The van der Waals surface area contributed by atoms with Crippen molar-refractivity contribution in [3.63, 3.8) is 0 Å². The Morgan fingerprint density at radius 3 is 2.77 bits per heavy atom. The van der Waals surface area contributed by atoms with Gasteiger partial charge < -0.3 is 10.1 Å². The largest absolute Gasteiger partial charge is 0.455 e. The van der Waals surface area contributed by atoms with Crippen molar-refractivity contribution >= 4 is 23.6 Å². The molecule has 0 spiro atoms. The molecule has 0 aromatic heterocycles. The van der Waals surface area contributed by atoms with Gasteiger partial charge >= 0.3 is 5.97 Å². The zero-order chi connectivity index (χ0) is 18.7. The van der Waals surface area contributed by atoms with Crippen LogP contribution < -0.4 is 5.32 Å². The van der Waals surface area contributed by atoms with E-state index in [0.717, 1.165) is 22.3 Å². The highest BCUT2D eigenvalue weighted by Gasteiger charge is 2.42. The van der Waals surface area contributed by atoms with Crippen molar-refractivity contribution in [1.82, 2.24) is 5.32 Å². The van der Waals surface area contributed by atoms with E-state index in [0.29, 0.717) is 5.92 Å². The van der Waals surface area contributed by atoms with Crippen LogP contribution in [0.15, 0.2) is 23.1 Å². The fourth-order valence-electron chi connectivity index (χ4n) is 4.50. The predicted octanol–water partition coefficient (Wildman–Crippen LogP) is 3.88. The van der Waals surface area contributed by atoms with E-state index in [1.54, 1.807) is 0 Å². The van der Waals surface area contributed by atoms with E-state index in [1.807, 2.05) is 19.9 Å². The lowest BCUT2D eigenvalue weighted by atomic mass is 9.84. The SMILES string of the molecule is Cc1ccc(C)c(SCC(=O)OCC(=O)N[C@@H](C)[C@H]2C[C@H]3CC[C@H]2C3)c1. The van der Waals surface area contributed by atoms with Crippen molar-refractivity contribution in [2.45, 2.75) is 57.4 Å². The van der Waals surface area contributed by atoms with E-state index >= 15 is 0 Å². The number of ether oxygens (including phenoxy) is 1. The minimum Gasteiger partial charge on any atom is -0.455 e. The molecular formula is C21H29NO3S. The molecule has 1 aromatic rings. The summed E-state index contributed by atoms with van der Waals surface area (Å²) in [6.07, 6.45) is 5.23. The molecule has 1 N–H and O–H groups in total. The average Bonchev–Trinajstić information content (AvgIpc) is 3.24. The molecule has 0 saturated heterocycles. The fourth-order valence-corrected chi connectivity index (χ4v) is 5.42. The van der Waals surface area contributed by atoms with Gasteiger partial charge in [0.25, 0.3) is 5.91 Å². The van der Waals surface area contributed by atoms with Gasteiger partial charge in [-0.2, -0.15) is 0 Å². The molecule has 0 aliphatic heterocycles. The van der Waals surface area contributed by atoms with Crippen molar-refractivity contribution in [2.24, 2.45) is 17.8 Å². The molecule has 2 aliphatic carbocycles. The second-order valence-corrected chi connectivity index (χ2v) is 8.93. The third kappa shape index (κ3) is 4.81.